The molecule has 1 N–H and O–H groups in total. The molecule has 2 aliphatic heterocycles. The Morgan fingerprint density at radius 3 is 2.76 bits per heavy atom. The maximum absolute atomic E-state index is 12.7. The normalized spacial score (nSPS) is 26.8. The Morgan fingerprint density at radius 1 is 1.38 bits per heavy atom. The standard InChI is InChI=1S/C16H25N3O2/c1-16(2)11-13(5-10-21-16)15(20)19-8-3-12(4-9-19)14-17-6-7-18-14/h6-7,12-13H,3-5,8-11H2,1-2H3,(H,17,18)/t13-/m1/s1. The molecule has 5 heteroatoms. The summed E-state index contributed by atoms with van der Waals surface area (Å²) in [5.41, 5.74) is -0.162. The fourth-order valence-electron chi connectivity index (χ4n) is 3.57. The molecule has 5 nitrogen and oxygen atoms in total. The van der Waals surface area contributed by atoms with E-state index in [1.807, 2.05) is 11.1 Å². The molecule has 1 aromatic rings. The van der Waals surface area contributed by atoms with Gasteiger partial charge in [0.15, 0.2) is 0 Å². The number of hydrogen-bond acceptors (Lipinski definition) is 3. The highest BCUT2D eigenvalue weighted by molar-refractivity contribution is 5.79. The third-order valence-corrected chi connectivity index (χ3v) is 4.76. The van der Waals surface area contributed by atoms with Gasteiger partial charge in [0.2, 0.25) is 5.91 Å². The largest absolute Gasteiger partial charge is 0.376 e. The van der Waals surface area contributed by atoms with Crippen molar-refractivity contribution in [2.45, 2.75) is 51.0 Å². The maximum Gasteiger partial charge on any atom is 0.225 e. The minimum Gasteiger partial charge on any atom is -0.376 e. The molecule has 1 aromatic heterocycles. The number of H-pyrrole nitrogens is 1. The van der Waals surface area contributed by atoms with Crippen molar-refractivity contribution < 1.29 is 9.53 Å². The van der Waals surface area contributed by atoms with Gasteiger partial charge in [-0.3, -0.25) is 4.79 Å². The molecule has 0 aliphatic carbocycles. The van der Waals surface area contributed by atoms with Crippen molar-refractivity contribution in [3.05, 3.63) is 18.2 Å². The number of carbonyl (C=O) groups is 1. The van der Waals surface area contributed by atoms with Crippen LogP contribution in [0, 0.1) is 5.92 Å². The van der Waals surface area contributed by atoms with Crippen LogP contribution >= 0.6 is 0 Å². The number of piperidine rings is 1. The number of amides is 1. The van der Waals surface area contributed by atoms with Crippen molar-refractivity contribution in [2.24, 2.45) is 5.92 Å². The Balaban J connectivity index is 1.55. The van der Waals surface area contributed by atoms with E-state index in [1.165, 1.54) is 0 Å². The number of aromatic nitrogens is 2. The first-order valence-electron chi connectivity index (χ1n) is 7.97. The molecule has 1 amide bonds. The van der Waals surface area contributed by atoms with Crippen LogP contribution in [0.3, 0.4) is 0 Å². The first-order chi connectivity index (χ1) is 10.1. The van der Waals surface area contributed by atoms with Gasteiger partial charge in [0.05, 0.1) is 5.60 Å². The molecular formula is C16H25N3O2. The predicted molar refractivity (Wildman–Crippen MR) is 79.9 cm³/mol. The van der Waals surface area contributed by atoms with Crippen molar-refractivity contribution in [1.29, 1.82) is 0 Å². The number of likely N-dealkylation sites (tertiary alicyclic amines) is 1. The van der Waals surface area contributed by atoms with Crippen LogP contribution in [-0.4, -0.2) is 46.1 Å². The number of imidazole rings is 1. The van der Waals surface area contributed by atoms with E-state index >= 15 is 0 Å². The van der Waals surface area contributed by atoms with Gasteiger partial charge in [0, 0.05) is 43.9 Å². The van der Waals surface area contributed by atoms with Crippen LogP contribution in [0.15, 0.2) is 12.4 Å². The zero-order chi connectivity index (χ0) is 14.9. The third-order valence-electron chi connectivity index (χ3n) is 4.76. The second-order valence-corrected chi connectivity index (χ2v) is 6.87. The molecule has 0 bridgehead atoms. The van der Waals surface area contributed by atoms with Gasteiger partial charge in [0.1, 0.15) is 5.82 Å². The van der Waals surface area contributed by atoms with E-state index in [4.69, 9.17) is 4.74 Å². The summed E-state index contributed by atoms with van der Waals surface area (Å²) in [6.07, 6.45) is 7.38. The van der Waals surface area contributed by atoms with Crippen molar-refractivity contribution in [3.8, 4) is 0 Å². The van der Waals surface area contributed by atoms with E-state index in [-0.39, 0.29) is 11.5 Å². The number of rotatable bonds is 2. The molecule has 2 fully saturated rings. The summed E-state index contributed by atoms with van der Waals surface area (Å²) in [6, 6.07) is 0. The third kappa shape index (κ3) is 3.28. The molecule has 1 atom stereocenters. The van der Waals surface area contributed by atoms with Crippen molar-refractivity contribution in [3.63, 3.8) is 0 Å². The molecule has 0 unspecified atom stereocenters. The summed E-state index contributed by atoms with van der Waals surface area (Å²) in [5, 5.41) is 0. The minimum atomic E-state index is -0.162. The molecule has 3 rings (SSSR count). The SMILES string of the molecule is CC1(C)C[C@H](C(=O)N2CCC(c3ncc[nH]3)CC2)CCO1. The second kappa shape index (κ2) is 5.79. The summed E-state index contributed by atoms with van der Waals surface area (Å²) in [5.74, 6) is 1.99. The van der Waals surface area contributed by atoms with Gasteiger partial charge >= 0.3 is 0 Å². The Morgan fingerprint density at radius 2 is 2.14 bits per heavy atom. The molecule has 0 radical (unpaired) electrons. The monoisotopic (exact) mass is 291 g/mol. The smallest absolute Gasteiger partial charge is 0.225 e. The van der Waals surface area contributed by atoms with E-state index in [0.717, 1.165) is 44.6 Å². The zero-order valence-electron chi connectivity index (χ0n) is 13.0. The predicted octanol–water partition coefficient (Wildman–Crippen LogP) is 2.32. The minimum absolute atomic E-state index is 0.133. The molecule has 0 aromatic carbocycles. The topological polar surface area (TPSA) is 58.2 Å². The number of carbonyl (C=O) groups excluding carboxylic acids is 1. The first kappa shape index (κ1) is 14.6. The number of nitrogens with one attached hydrogen (secondary N) is 1. The molecule has 2 saturated heterocycles. The highest BCUT2D eigenvalue weighted by Gasteiger charge is 2.36. The summed E-state index contributed by atoms with van der Waals surface area (Å²) in [6.45, 7) is 6.56. The molecule has 116 valence electrons. The highest BCUT2D eigenvalue weighted by atomic mass is 16.5. The van der Waals surface area contributed by atoms with Crippen molar-refractivity contribution in [2.75, 3.05) is 19.7 Å². The van der Waals surface area contributed by atoms with Crippen LogP contribution in [0.5, 0.6) is 0 Å². The number of ether oxygens (including phenoxy) is 1. The summed E-state index contributed by atoms with van der Waals surface area (Å²) in [7, 11) is 0. The highest BCUT2D eigenvalue weighted by Crippen LogP contribution is 2.32. The van der Waals surface area contributed by atoms with Crippen LogP contribution < -0.4 is 0 Å². The van der Waals surface area contributed by atoms with Gasteiger partial charge in [-0.2, -0.15) is 0 Å². The van der Waals surface area contributed by atoms with Crippen LogP contribution in [-0.2, 0) is 9.53 Å². The van der Waals surface area contributed by atoms with Gasteiger partial charge in [-0.15, -0.1) is 0 Å². The van der Waals surface area contributed by atoms with E-state index in [9.17, 15) is 4.79 Å². The van der Waals surface area contributed by atoms with Gasteiger partial charge in [-0.1, -0.05) is 0 Å². The Hall–Kier alpha value is -1.36. The number of aromatic amines is 1. The quantitative estimate of drug-likeness (QED) is 0.909. The lowest BCUT2D eigenvalue weighted by atomic mass is 9.86. The zero-order valence-corrected chi connectivity index (χ0v) is 13.0. The number of nitrogens with zero attached hydrogens (tertiary/aromatic N) is 2. The molecule has 21 heavy (non-hydrogen) atoms. The lowest BCUT2D eigenvalue weighted by Crippen LogP contribution is -2.46. The first-order valence-corrected chi connectivity index (χ1v) is 7.97. The fraction of sp³-hybridized carbons (Fsp3) is 0.750. The van der Waals surface area contributed by atoms with Crippen molar-refractivity contribution >= 4 is 5.91 Å². The molecule has 0 spiro atoms. The van der Waals surface area contributed by atoms with Crippen molar-refractivity contribution in [1.82, 2.24) is 14.9 Å². The van der Waals surface area contributed by atoms with Gasteiger partial charge in [-0.25, -0.2) is 4.98 Å². The average Bonchev–Trinajstić information content (AvgIpc) is 3.00. The summed E-state index contributed by atoms with van der Waals surface area (Å²) < 4.78 is 5.72. The molecule has 0 saturated carbocycles. The van der Waals surface area contributed by atoms with E-state index in [1.54, 1.807) is 6.20 Å². The average molecular weight is 291 g/mol. The lowest BCUT2D eigenvalue weighted by molar-refractivity contribution is -0.146. The van der Waals surface area contributed by atoms with Crippen LogP contribution in [0.25, 0.3) is 0 Å². The van der Waals surface area contributed by atoms with Crippen LogP contribution in [0.4, 0.5) is 0 Å². The van der Waals surface area contributed by atoms with Crippen LogP contribution in [0.1, 0.15) is 51.3 Å². The lowest BCUT2D eigenvalue weighted by Gasteiger charge is -2.39. The van der Waals surface area contributed by atoms with E-state index in [2.05, 4.69) is 23.8 Å². The molecule has 3 heterocycles. The summed E-state index contributed by atoms with van der Waals surface area (Å²) >= 11 is 0. The van der Waals surface area contributed by atoms with Gasteiger partial charge < -0.3 is 14.6 Å². The Kier molecular flexibility index (Phi) is 4.02. The second-order valence-electron chi connectivity index (χ2n) is 6.87. The summed E-state index contributed by atoms with van der Waals surface area (Å²) in [4.78, 5) is 22.3. The fourth-order valence-corrected chi connectivity index (χ4v) is 3.57. The maximum atomic E-state index is 12.7. The van der Waals surface area contributed by atoms with E-state index in [0.29, 0.717) is 18.4 Å². The molecular weight excluding hydrogens is 266 g/mol. The van der Waals surface area contributed by atoms with Gasteiger partial charge in [0.25, 0.3) is 0 Å². The van der Waals surface area contributed by atoms with Gasteiger partial charge in [-0.05, 0) is 39.5 Å². The Labute approximate surface area is 126 Å². The molecule has 2 aliphatic rings. The van der Waals surface area contributed by atoms with Crippen LogP contribution in [0.2, 0.25) is 0 Å². The van der Waals surface area contributed by atoms with E-state index < -0.39 is 0 Å². The number of hydrogen-bond donors (Lipinski definition) is 1. The Bertz CT molecular complexity index is 476.